The zero-order valence-corrected chi connectivity index (χ0v) is 11.6. The summed E-state index contributed by atoms with van der Waals surface area (Å²) in [5, 5.41) is 0. The number of nitrogens with two attached hydrogens (primary N) is 1. The summed E-state index contributed by atoms with van der Waals surface area (Å²) < 4.78 is 5.43. The number of hydrogen-bond acceptors (Lipinski definition) is 2. The zero-order valence-electron chi connectivity index (χ0n) is 11.6. The molecule has 0 fully saturated rings. The van der Waals surface area contributed by atoms with E-state index in [0.717, 1.165) is 12.2 Å². The fourth-order valence-corrected chi connectivity index (χ4v) is 2.40. The average Bonchev–Trinajstić information content (AvgIpc) is 2.48. The zero-order chi connectivity index (χ0) is 13.7. The summed E-state index contributed by atoms with van der Waals surface area (Å²) in [5.41, 5.74) is 8.43. The monoisotopic (exact) mass is 255 g/mol. The molecule has 0 amide bonds. The van der Waals surface area contributed by atoms with Crippen LogP contribution in [0.1, 0.15) is 18.1 Å². The van der Waals surface area contributed by atoms with Crippen LogP contribution in [0.15, 0.2) is 54.6 Å². The highest BCUT2D eigenvalue weighted by Gasteiger charge is 2.26. The lowest BCUT2D eigenvalue weighted by Crippen LogP contribution is -2.34. The molecule has 2 nitrogen and oxygen atoms in total. The van der Waals surface area contributed by atoms with Crippen LogP contribution in [0.25, 0.3) is 0 Å². The molecule has 0 radical (unpaired) electrons. The molecule has 0 aliphatic heterocycles. The van der Waals surface area contributed by atoms with Gasteiger partial charge in [0.2, 0.25) is 0 Å². The van der Waals surface area contributed by atoms with Crippen LogP contribution in [-0.4, -0.2) is 13.7 Å². The predicted octanol–water partition coefficient (Wildman–Crippen LogP) is 3.15. The smallest absolute Gasteiger partial charge is 0.122 e. The van der Waals surface area contributed by atoms with Gasteiger partial charge in [0.05, 0.1) is 7.11 Å². The number of benzene rings is 2. The van der Waals surface area contributed by atoms with Crippen molar-refractivity contribution in [3.05, 3.63) is 65.7 Å². The van der Waals surface area contributed by atoms with Gasteiger partial charge in [-0.25, -0.2) is 0 Å². The first-order valence-electron chi connectivity index (χ1n) is 6.57. The van der Waals surface area contributed by atoms with Crippen molar-refractivity contribution in [2.24, 2.45) is 5.73 Å². The Morgan fingerprint density at radius 1 is 1.00 bits per heavy atom. The Morgan fingerprint density at radius 3 is 2.26 bits per heavy atom. The number of hydrogen-bond donors (Lipinski definition) is 1. The average molecular weight is 255 g/mol. The van der Waals surface area contributed by atoms with Crippen LogP contribution in [0.5, 0.6) is 5.75 Å². The fourth-order valence-electron chi connectivity index (χ4n) is 2.40. The third-order valence-corrected chi connectivity index (χ3v) is 3.69. The maximum atomic E-state index is 6.04. The van der Waals surface area contributed by atoms with E-state index in [9.17, 15) is 0 Å². The molecule has 100 valence electrons. The molecule has 0 aliphatic rings. The molecule has 2 N–H and O–H groups in total. The van der Waals surface area contributed by atoms with Crippen molar-refractivity contribution in [2.45, 2.75) is 18.8 Å². The van der Waals surface area contributed by atoms with Crippen LogP contribution in [-0.2, 0) is 11.8 Å². The summed E-state index contributed by atoms with van der Waals surface area (Å²) in [7, 11) is 1.71. The Morgan fingerprint density at radius 2 is 1.63 bits per heavy atom. The SMILES string of the molecule is COc1ccccc1CC(C)(CN)c1ccccc1. The molecule has 0 aliphatic carbocycles. The minimum absolute atomic E-state index is 0.0735. The lowest BCUT2D eigenvalue weighted by molar-refractivity contribution is 0.399. The number of para-hydroxylation sites is 1. The highest BCUT2D eigenvalue weighted by Crippen LogP contribution is 2.30. The van der Waals surface area contributed by atoms with Crippen molar-refractivity contribution in [3.8, 4) is 5.75 Å². The number of methoxy groups -OCH3 is 1. The minimum Gasteiger partial charge on any atom is -0.496 e. The summed E-state index contributed by atoms with van der Waals surface area (Å²) in [6.45, 7) is 2.81. The Balaban J connectivity index is 2.33. The third kappa shape index (κ3) is 2.96. The largest absolute Gasteiger partial charge is 0.496 e. The highest BCUT2D eigenvalue weighted by molar-refractivity contribution is 5.37. The summed E-state index contributed by atoms with van der Waals surface area (Å²) in [6, 6.07) is 18.6. The van der Waals surface area contributed by atoms with Crippen LogP contribution < -0.4 is 10.5 Å². The van der Waals surface area contributed by atoms with E-state index in [4.69, 9.17) is 10.5 Å². The minimum atomic E-state index is -0.0735. The van der Waals surface area contributed by atoms with Crippen LogP contribution in [0.3, 0.4) is 0 Å². The topological polar surface area (TPSA) is 35.2 Å². The van der Waals surface area contributed by atoms with Crippen molar-refractivity contribution in [2.75, 3.05) is 13.7 Å². The fraction of sp³-hybridized carbons (Fsp3) is 0.294. The standard InChI is InChI=1S/C17H21NO/c1-17(13-18,15-9-4-3-5-10-15)12-14-8-6-7-11-16(14)19-2/h3-11H,12-13,18H2,1-2H3. The molecule has 0 aromatic heterocycles. The Labute approximate surface area is 115 Å². The van der Waals surface area contributed by atoms with E-state index in [1.807, 2.05) is 24.3 Å². The molecule has 0 spiro atoms. The van der Waals surface area contributed by atoms with Gasteiger partial charge in [-0.1, -0.05) is 55.5 Å². The van der Waals surface area contributed by atoms with Crippen molar-refractivity contribution in [1.29, 1.82) is 0 Å². The van der Waals surface area contributed by atoms with E-state index in [-0.39, 0.29) is 5.41 Å². The van der Waals surface area contributed by atoms with Gasteiger partial charge in [-0.3, -0.25) is 0 Å². The number of ether oxygens (including phenoxy) is 1. The van der Waals surface area contributed by atoms with Gasteiger partial charge in [0.1, 0.15) is 5.75 Å². The maximum Gasteiger partial charge on any atom is 0.122 e. The van der Waals surface area contributed by atoms with E-state index in [0.29, 0.717) is 6.54 Å². The van der Waals surface area contributed by atoms with Gasteiger partial charge in [-0.2, -0.15) is 0 Å². The van der Waals surface area contributed by atoms with E-state index in [2.05, 4.69) is 37.3 Å². The van der Waals surface area contributed by atoms with Gasteiger partial charge in [-0.15, -0.1) is 0 Å². The third-order valence-electron chi connectivity index (χ3n) is 3.69. The lowest BCUT2D eigenvalue weighted by Gasteiger charge is -2.29. The molecule has 0 saturated carbocycles. The second kappa shape index (κ2) is 5.89. The molecular formula is C17H21NO. The summed E-state index contributed by atoms with van der Waals surface area (Å²) in [4.78, 5) is 0. The Hall–Kier alpha value is -1.80. The van der Waals surface area contributed by atoms with Gasteiger partial charge < -0.3 is 10.5 Å². The first-order chi connectivity index (χ1) is 9.19. The van der Waals surface area contributed by atoms with Crippen LogP contribution >= 0.6 is 0 Å². The van der Waals surface area contributed by atoms with Gasteiger partial charge in [0, 0.05) is 12.0 Å². The molecule has 2 heteroatoms. The molecule has 19 heavy (non-hydrogen) atoms. The molecule has 0 bridgehead atoms. The second-order valence-electron chi connectivity index (χ2n) is 5.12. The highest BCUT2D eigenvalue weighted by atomic mass is 16.5. The van der Waals surface area contributed by atoms with Crippen molar-refractivity contribution < 1.29 is 4.74 Å². The molecule has 0 heterocycles. The van der Waals surface area contributed by atoms with Crippen LogP contribution in [0.2, 0.25) is 0 Å². The Bertz CT molecular complexity index is 524. The first-order valence-corrected chi connectivity index (χ1v) is 6.57. The predicted molar refractivity (Wildman–Crippen MR) is 79.5 cm³/mol. The van der Waals surface area contributed by atoms with Crippen LogP contribution in [0, 0.1) is 0 Å². The summed E-state index contributed by atoms with van der Waals surface area (Å²) in [6.07, 6.45) is 0.873. The summed E-state index contributed by atoms with van der Waals surface area (Å²) >= 11 is 0. The second-order valence-corrected chi connectivity index (χ2v) is 5.12. The molecule has 1 atom stereocenters. The quantitative estimate of drug-likeness (QED) is 0.890. The van der Waals surface area contributed by atoms with Crippen molar-refractivity contribution in [1.82, 2.24) is 0 Å². The van der Waals surface area contributed by atoms with Gasteiger partial charge in [0.25, 0.3) is 0 Å². The molecular weight excluding hydrogens is 234 g/mol. The van der Waals surface area contributed by atoms with E-state index >= 15 is 0 Å². The molecule has 2 aromatic carbocycles. The van der Waals surface area contributed by atoms with E-state index in [1.54, 1.807) is 7.11 Å². The molecule has 0 saturated heterocycles. The Kier molecular flexibility index (Phi) is 4.23. The summed E-state index contributed by atoms with van der Waals surface area (Å²) in [5.74, 6) is 0.929. The normalized spacial score (nSPS) is 13.8. The van der Waals surface area contributed by atoms with Gasteiger partial charge in [-0.05, 0) is 23.6 Å². The molecule has 1 unspecified atom stereocenters. The van der Waals surface area contributed by atoms with Gasteiger partial charge in [0.15, 0.2) is 0 Å². The first kappa shape index (κ1) is 13.6. The van der Waals surface area contributed by atoms with Crippen molar-refractivity contribution >= 4 is 0 Å². The van der Waals surface area contributed by atoms with Gasteiger partial charge >= 0.3 is 0 Å². The number of rotatable bonds is 5. The lowest BCUT2D eigenvalue weighted by atomic mass is 9.77. The molecule has 2 rings (SSSR count). The molecule has 2 aromatic rings. The van der Waals surface area contributed by atoms with Crippen molar-refractivity contribution in [3.63, 3.8) is 0 Å². The van der Waals surface area contributed by atoms with E-state index in [1.165, 1.54) is 11.1 Å². The van der Waals surface area contributed by atoms with Crippen LogP contribution in [0.4, 0.5) is 0 Å². The maximum absolute atomic E-state index is 6.04. The van der Waals surface area contributed by atoms with E-state index < -0.39 is 0 Å².